The van der Waals surface area contributed by atoms with Crippen molar-refractivity contribution in [3.63, 3.8) is 0 Å². The van der Waals surface area contributed by atoms with Crippen molar-refractivity contribution in [3.05, 3.63) is 36.4 Å². The summed E-state index contributed by atoms with van der Waals surface area (Å²) in [5.74, 6) is -1.05. The van der Waals surface area contributed by atoms with Crippen LogP contribution in [0.3, 0.4) is 0 Å². The van der Waals surface area contributed by atoms with Crippen molar-refractivity contribution in [2.75, 3.05) is 12.3 Å². The molecule has 0 saturated heterocycles. The topological polar surface area (TPSA) is 107 Å². The first-order chi connectivity index (χ1) is 12.4. The molecule has 0 bridgehead atoms. The molecule has 0 aliphatic heterocycles. The van der Waals surface area contributed by atoms with Crippen LogP contribution < -0.4 is 5.32 Å². The maximum Gasteiger partial charge on any atom is 0.248 e. The minimum atomic E-state index is -3.61. The van der Waals surface area contributed by atoms with Crippen LogP contribution in [0.25, 0.3) is 0 Å². The molecule has 0 spiro atoms. The number of aromatic nitrogens is 4. The number of tetrazole rings is 1. The van der Waals surface area contributed by atoms with Crippen LogP contribution in [0.15, 0.2) is 35.5 Å². The first-order valence-electron chi connectivity index (χ1n) is 8.44. The minimum Gasteiger partial charge on any atom is -0.353 e. The molecule has 10 heteroatoms. The van der Waals surface area contributed by atoms with E-state index in [4.69, 9.17) is 0 Å². The summed E-state index contributed by atoms with van der Waals surface area (Å²) in [7, 11) is -3.61. The van der Waals surface area contributed by atoms with Gasteiger partial charge in [-0.25, -0.2) is 17.5 Å². The highest BCUT2D eigenvalue weighted by molar-refractivity contribution is 7.91. The molecule has 0 unspecified atom stereocenters. The maximum absolute atomic E-state index is 12.9. The van der Waals surface area contributed by atoms with Gasteiger partial charge in [-0.1, -0.05) is 19.3 Å². The molecule has 1 aromatic carbocycles. The lowest BCUT2D eigenvalue weighted by Gasteiger charge is -2.35. The van der Waals surface area contributed by atoms with Crippen molar-refractivity contribution in [2.24, 2.45) is 0 Å². The van der Waals surface area contributed by atoms with Crippen molar-refractivity contribution in [1.82, 2.24) is 25.5 Å². The van der Waals surface area contributed by atoms with E-state index >= 15 is 0 Å². The second kappa shape index (κ2) is 7.48. The summed E-state index contributed by atoms with van der Waals surface area (Å²) >= 11 is 0. The molecule has 2 aromatic rings. The van der Waals surface area contributed by atoms with Crippen LogP contribution in [0.5, 0.6) is 0 Å². The standard InChI is InChI=1S/C16H20FN5O3S/c17-13-4-6-14(7-5-13)26(24,25)11-10-18-15(23)16(8-2-1-3-9-16)22-12-19-20-21-22/h4-7,12H,1-3,8-11H2,(H,18,23). The summed E-state index contributed by atoms with van der Waals surface area (Å²) in [5, 5.41) is 13.8. The number of carbonyl (C=O) groups excluding carboxylic acids is 1. The number of halogens is 1. The van der Waals surface area contributed by atoms with E-state index < -0.39 is 21.2 Å². The average Bonchev–Trinajstić information content (AvgIpc) is 3.17. The Kier molecular flexibility index (Phi) is 5.30. The molecular formula is C16H20FN5O3S. The van der Waals surface area contributed by atoms with Gasteiger partial charge < -0.3 is 5.32 Å². The number of benzene rings is 1. The van der Waals surface area contributed by atoms with Gasteiger partial charge in [-0.15, -0.1) is 5.10 Å². The van der Waals surface area contributed by atoms with Crippen LogP contribution >= 0.6 is 0 Å². The zero-order valence-electron chi connectivity index (χ0n) is 14.1. The molecule has 1 fully saturated rings. The summed E-state index contributed by atoms with van der Waals surface area (Å²) in [6.45, 7) is -0.0393. The number of sulfone groups is 1. The maximum atomic E-state index is 12.9. The average molecular weight is 381 g/mol. The Morgan fingerprint density at radius 3 is 2.50 bits per heavy atom. The summed E-state index contributed by atoms with van der Waals surface area (Å²) < 4.78 is 39.0. The van der Waals surface area contributed by atoms with Gasteiger partial charge >= 0.3 is 0 Å². The molecule has 140 valence electrons. The molecule has 1 N–H and O–H groups in total. The molecule has 1 aliphatic carbocycles. The van der Waals surface area contributed by atoms with Gasteiger partial charge in [0.2, 0.25) is 5.91 Å². The van der Waals surface area contributed by atoms with E-state index in [0.717, 1.165) is 31.4 Å². The van der Waals surface area contributed by atoms with Crippen LogP contribution in [-0.4, -0.2) is 46.8 Å². The molecule has 8 nitrogen and oxygen atoms in total. The van der Waals surface area contributed by atoms with Crippen LogP contribution in [0.2, 0.25) is 0 Å². The van der Waals surface area contributed by atoms with Gasteiger partial charge in [-0.3, -0.25) is 4.79 Å². The van der Waals surface area contributed by atoms with Crippen molar-refractivity contribution in [3.8, 4) is 0 Å². The molecule has 1 aliphatic rings. The van der Waals surface area contributed by atoms with Crippen molar-refractivity contribution >= 4 is 15.7 Å². The smallest absolute Gasteiger partial charge is 0.248 e. The van der Waals surface area contributed by atoms with Gasteiger partial charge in [0.05, 0.1) is 10.6 Å². The predicted octanol–water partition coefficient (Wildman–Crippen LogP) is 1.06. The van der Waals surface area contributed by atoms with E-state index in [0.29, 0.717) is 12.8 Å². The van der Waals surface area contributed by atoms with Gasteiger partial charge in [-0.2, -0.15) is 0 Å². The number of rotatable bonds is 6. The Balaban J connectivity index is 1.66. The van der Waals surface area contributed by atoms with Crippen molar-refractivity contribution in [1.29, 1.82) is 0 Å². The zero-order chi connectivity index (χ0) is 18.6. The Morgan fingerprint density at radius 2 is 1.88 bits per heavy atom. The molecule has 3 rings (SSSR count). The summed E-state index contributed by atoms with van der Waals surface area (Å²) in [6, 6.07) is 4.63. The van der Waals surface area contributed by atoms with E-state index in [2.05, 4.69) is 20.8 Å². The third kappa shape index (κ3) is 3.74. The van der Waals surface area contributed by atoms with Crippen molar-refractivity contribution in [2.45, 2.75) is 42.5 Å². The van der Waals surface area contributed by atoms with Crippen LogP contribution in [0.4, 0.5) is 4.39 Å². The Bertz CT molecular complexity index is 847. The minimum absolute atomic E-state index is 0.0287. The van der Waals surface area contributed by atoms with Crippen LogP contribution in [0, 0.1) is 5.82 Å². The molecule has 1 amide bonds. The number of carbonyl (C=O) groups is 1. The fraction of sp³-hybridized carbons (Fsp3) is 0.500. The first kappa shape index (κ1) is 18.4. The SMILES string of the molecule is O=C(NCCS(=O)(=O)c1ccc(F)cc1)C1(n2cnnn2)CCCCC1. The fourth-order valence-corrected chi connectivity index (χ4v) is 4.43. The summed E-state index contributed by atoms with van der Waals surface area (Å²) in [4.78, 5) is 12.8. The Morgan fingerprint density at radius 1 is 1.19 bits per heavy atom. The third-order valence-electron chi connectivity index (χ3n) is 4.72. The Labute approximate surface area is 150 Å². The van der Waals surface area contributed by atoms with Gasteiger partial charge in [0.25, 0.3) is 0 Å². The third-order valence-corrected chi connectivity index (χ3v) is 6.45. The number of hydrogen-bond acceptors (Lipinski definition) is 6. The van der Waals surface area contributed by atoms with Crippen LogP contribution in [-0.2, 0) is 20.2 Å². The lowest BCUT2D eigenvalue weighted by atomic mass is 9.81. The lowest BCUT2D eigenvalue weighted by Crippen LogP contribution is -2.51. The number of nitrogens with zero attached hydrogens (tertiary/aromatic N) is 4. The highest BCUT2D eigenvalue weighted by atomic mass is 32.2. The highest BCUT2D eigenvalue weighted by Gasteiger charge is 2.42. The van der Waals surface area contributed by atoms with Gasteiger partial charge in [0, 0.05) is 6.54 Å². The predicted molar refractivity (Wildman–Crippen MR) is 90.3 cm³/mol. The fourth-order valence-electron chi connectivity index (χ4n) is 3.28. The molecule has 0 atom stereocenters. The van der Waals surface area contributed by atoms with Gasteiger partial charge in [-0.05, 0) is 47.5 Å². The molecule has 1 aromatic heterocycles. The van der Waals surface area contributed by atoms with E-state index in [9.17, 15) is 17.6 Å². The van der Waals surface area contributed by atoms with Gasteiger partial charge in [0.1, 0.15) is 17.7 Å². The number of amides is 1. The van der Waals surface area contributed by atoms with E-state index in [1.165, 1.54) is 23.1 Å². The quantitative estimate of drug-likeness (QED) is 0.750. The summed E-state index contributed by atoms with van der Waals surface area (Å²) in [6.07, 6.45) is 5.42. The van der Waals surface area contributed by atoms with E-state index in [1.54, 1.807) is 0 Å². The normalized spacial score (nSPS) is 17.0. The monoisotopic (exact) mass is 381 g/mol. The lowest BCUT2D eigenvalue weighted by molar-refractivity contribution is -0.132. The molecule has 1 saturated carbocycles. The first-order valence-corrected chi connectivity index (χ1v) is 10.1. The van der Waals surface area contributed by atoms with E-state index in [1.807, 2.05) is 0 Å². The summed E-state index contributed by atoms with van der Waals surface area (Å²) in [5.41, 5.74) is -0.874. The van der Waals surface area contributed by atoms with Crippen molar-refractivity contribution < 1.29 is 17.6 Å². The molecule has 1 heterocycles. The molecule has 0 radical (unpaired) electrons. The Hall–Kier alpha value is -2.36. The van der Waals surface area contributed by atoms with Gasteiger partial charge in [0.15, 0.2) is 9.84 Å². The zero-order valence-corrected chi connectivity index (χ0v) is 15.0. The molecule has 26 heavy (non-hydrogen) atoms. The largest absolute Gasteiger partial charge is 0.353 e. The second-order valence-electron chi connectivity index (χ2n) is 6.38. The highest BCUT2D eigenvalue weighted by Crippen LogP contribution is 2.34. The number of nitrogens with one attached hydrogen (secondary N) is 1. The molecular weight excluding hydrogens is 361 g/mol. The number of hydrogen-bond donors (Lipinski definition) is 1. The van der Waals surface area contributed by atoms with E-state index in [-0.39, 0.29) is 23.1 Å². The van der Waals surface area contributed by atoms with Crippen LogP contribution in [0.1, 0.15) is 32.1 Å². The second-order valence-corrected chi connectivity index (χ2v) is 8.48.